The lowest BCUT2D eigenvalue weighted by Crippen LogP contribution is -2.44. The smallest absolute Gasteiger partial charge is 0.0820 e. The molecule has 1 fully saturated rings. The Labute approximate surface area is 100 Å². The second-order valence-corrected chi connectivity index (χ2v) is 5.38. The van der Waals surface area contributed by atoms with Crippen LogP contribution in [0.4, 0.5) is 0 Å². The van der Waals surface area contributed by atoms with Crippen LogP contribution in [0.15, 0.2) is 0 Å². The Morgan fingerprint density at radius 2 is 1.88 bits per heavy atom. The van der Waals surface area contributed by atoms with Crippen molar-refractivity contribution < 1.29 is 4.74 Å². The van der Waals surface area contributed by atoms with Crippen molar-refractivity contribution in [3.05, 3.63) is 0 Å². The van der Waals surface area contributed by atoms with Crippen molar-refractivity contribution >= 4 is 0 Å². The van der Waals surface area contributed by atoms with Crippen molar-refractivity contribution in [2.24, 2.45) is 11.7 Å². The highest BCUT2D eigenvalue weighted by molar-refractivity contribution is 4.80. The van der Waals surface area contributed by atoms with Gasteiger partial charge in [-0.05, 0) is 18.8 Å². The van der Waals surface area contributed by atoms with E-state index in [2.05, 4.69) is 18.7 Å². The molecule has 0 aromatic carbocycles. The highest BCUT2D eigenvalue weighted by atomic mass is 16.5. The molecule has 0 aliphatic heterocycles. The summed E-state index contributed by atoms with van der Waals surface area (Å²) < 4.78 is 5.40. The minimum Gasteiger partial charge on any atom is -0.379 e. The van der Waals surface area contributed by atoms with Gasteiger partial charge in [0.15, 0.2) is 0 Å². The lowest BCUT2D eigenvalue weighted by Gasteiger charge is -2.32. The summed E-state index contributed by atoms with van der Waals surface area (Å²) in [6.45, 7) is 7.36. The fourth-order valence-corrected chi connectivity index (χ4v) is 2.62. The average Bonchev–Trinajstić information content (AvgIpc) is 2.76. The Morgan fingerprint density at radius 1 is 1.25 bits per heavy atom. The van der Waals surface area contributed by atoms with Crippen molar-refractivity contribution in [2.75, 3.05) is 26.7 Å². The zero-order valence-electron chi connectivity index (χ0n) is 11.1. The number of rotatable bonds is 7. The predicted octanol–water partition coefficient (Wildman–Crippen LogP) is 1.86. The molecule has 1 atom stereocenters. The number of hydrogen-bond donors (Lipinski definition) is 1. The largest absolute Gasteiger partial charge is 0.379 e. The molecule has 0 bridgehead atoms. The molecule has 0 radical (unpaired) electrons. The van der Waals surface area contributed by atoms with E-state index in [1.54, 1.807) is 7.11 Å². The van der Waals surface area contributed by atoms with Crippen LogP contribution in [0.2, 0.25) is 0 Å². The Hall–Kier alpha value is -0.120. The first-order valence-electron chi connectivity index (χ1n) is 6.64. The van der Waals surface area contributed by atoms with Crippen LogP contribution in [0.25, 0.3) is 0 Å². The fraction of sp³-hybridized carbons (Fsp3) is 1.00. The zero-order valence-corrected chi connectivity index (χ0v) is 11.1. The van der Waals surface area contributed by atoms with E-state index in [9.17, 15) is 0 Å². The monoisotopic (exact) mass is 228 g/mol. The lowest BCUT2D eigenvalue weighted by molar-refractivity contribution is 0.0491. The van der Waals surface area contributed by atoms with E-state index in [1.807, 2.05) is 0 Å². The molecule has 0 amide bonds. The van der Waals surface area contributed by atoms with E-state index in [-0.39, 0.29) is 6.10 Å². The van der Waals surface area contributed by atoms with E-state index in [0.29, 0.717) is 6.54 Å². The van der Waals surface area contributed by atoms with Gasteiger partial charge in [0.05, 0.1) is 6.10 Å². The predicted molar refractivity (Wildman–Crippen MR) is 68.5 cm³/mol. The molecule has 3 nitrogen and oxygen atoms in total. The SMILES string of the molecule is COC(CN)CN(CC(C)C)C1CCCC1. The standard InChI is InChI=1S/C13H28N2O/c1-11(2)9-15(10-13(8-14)16-3)12-6-4-5-7-12/h11-13H,4-10,14H2,1-3H3. The summed E-state index contributed by atoms with van der Waals surface area (Å²) in [5.74, 6) is 0.718. The molecule has 1 unspecified atom stereocenters. The summed E-state index contributed by atoms with van der Waals surface area (Å²) in [4.78, 5) is 2.60. The van der Waals surface area contributed by atoms with Gasteiger partial charge in [-0.3, -0.25) is 4.90 Å². The maximum Gasteiger partial charge on any atom is 0.0820 e. The van der Waals surface area contributed by atoms with Gasteiger partial charge in [0.25, 0.3) is 0 Å². The first kappa shape index (κ1) is 13.9. The molecule has 1 aliphatic rings. The molecule has 1 saturated carbocycles. The van der Waals surface area contributed by atoms with Crippen LogP contribution < -0.4 is 5.73 Å². The first-order chi connectivity index (χ1) is 7.67. The molecule has 0 aromatic rings. The fourth-order valence-electron chi connectivity index (χ4n) is 2.62. The van der Waals surface area contributed by atoms with Crippen molar-refractivity contribution in [1.29, 1.82) is 0 Å². The number of nitrogens with two attached hydrogens (primary N) is 1. The summed E-state index contributed by atoms with van der Waals surface area (Å²) in [5.41, 5.74) is 5.71. The normalized spacial score (nSPS) is 19.9. The molecule has 0 spiro atoms. The Morgan fingerprint density at radius 3 is 2.31 bits per heavy atom. The van der Waals surface area contributed by atoms with Gasteiger partial charge in [-0.25, -0.2) is 0 Å². The van der Waals surface area contributed by atoms with Gasteiger partial charge in [0.1, 0.15) is 0 Å². The number of methoxy groups -OCH3 is 1. The molecule has 1 aliphatic carbocycles. The molecule has 0 aromatic heterocycles. The summed E-state index contributed by atoms with van der Waals surface area (Å²) in [6, 6.07) is 0.770. The van der Waals surface area contributed by atoms with Crippen LogP contribution in [0.5, 0.6) is 0 Å². The number of ether oxygens (including phenoxy) is 1. The average molecular weight is 228 g/mol. The van der Waals surface area contributed by atoms with Crippen molar-refractivity contribution in [3.8, 4) is 0 Å². The third-order valence-corrected chi connectivity index (χ3v) is 3.48. The third kappa shape index (κ3) is 4.40. The molecule has 2 N–H and O–H groups in total. The van der Waals surface area contributed by atoms with Gasteiger partial charge in [0, 0.05) is 32.8 Å². The first-order valence-corrected chi connectivity index (χ1v) is 6.64. The lowest BCUT2D eigenvalue weighted by atomic mass is 10.1. The van der Waals surface area contributed by atoms with Crippen molar-refractivity contribution in [2.45, 2.75) is 51.7 Å². The molecule has 0 saturated heterocycles. The third-order valence-electron chi connectivity index (χ3n) is 3.48. The van der Waals surface area contributed by atoms with Crippen LogP contribution in [0.1, 0.15) is 39.5 Å². The molecular weight excluding hydrogens is 200 g/mol. The quantitative estimate of drug-likeness (QED) is 0.723. The highest BCUT2D eigenvalue weighted by Crippen LogP contribution is 2.24. The number of nitrogens with zero attached hydrogens (tertiary/aromatic N) is 1. The van der Waals surface area contributed by atoms with Crippen LogP contribution in [0, 0.1) is 5.92 Å². The van der Waals surface area contributed by atoms with Crippen LogP contribution in [-0.2, 0) is 4.74 Å². The minimum absolute atomic E-state index is 0.194. The summed E-state index contributed by atoms with van der Waals surface area (Å²) in [5, 5.41) is 0. The summed E-state index contributed by atoms with van der Waals surface area (Å²) in [7, 11) is 1.76. The molecule has 3 heteroatoms. The maximum absolute atomic E-state index is 5.71. The van der Waals surface area contributed by atoms with Gasteiger partial charge in [-0.2, -0.15) is 0 Å². The minimum atomic E-state index is 0.194. The van der Waals surface area contributed by atoms with Crippen LogP contribution >= 0.6 is 0 Å². The summed E-state index contributed by atoms with van der Waals surface area (Å²) >= 11 is 0. The highest BCUT2D eigenvalue weighted by Gasteiger charge is 2.24. The van der Waals surface area contributed by atoms with Gasteiger partial charge >= 0.3 is 0 Å². The van der Waals surface area contributed by atoms with E-state index in [4.69, 9.17) is 10.5 Å². The molecule has 1 rings (SSSR count). The van der Waals surface area contributed by atoms with Crippen molar-refractivity contribution in [1.82, 2.24) is 4.90 Å². The Bertz CT molecular complexity index is 175. The van der Waals surface area contributed by atoms with E-state index >= 15 is 0 Å². The zero-order chi connectivity index (χ0) is 12.0. The van der Waals surface area contributed by atoms with Gasteiger partial charge in [0.2, 0.25) is 0 Å². The van der Waals surface area contributed by atoms with Gasteiger partial charge < -0.3 is 10.5 Å². The Balaban J connectivity index is 2.48. The van der Waals surface area contributed by atoms with E-state index < -0.39 is 0 Å². The van der Waals surface area contributed by atoms with Gasteiger partial charge in [-0.1, -0.05) is 26.7 Å². The second kappa shape index (κ2) is 7.25. The van der Waals surface area contributed by atoms with Crippen LogP contribution in [0.3, 0.4) is 0 Å². The Kier molecular flexibility index (Phi) is 6.32. The van der Waals surface area contributed by atoms with Crippen LogP contribution in [-0.4, -0.2) is 43.8 Å². The summed E-state index contributed by atoms with van der Waals surface area (Å²) in [6.07, 6.45) is 5.68. The molecular formula is C13H28N2O. The van der Waals surface area contributed by atoms with E-state index in [0.717, 1.165) is 18.5 Å². The maximum atomic E-state index is 5.71. The van der Waals surface area contributed by atoms with Crippen molar-refractivity contribution in [3.63, 3.8) is 0 Å². The molecule has 96 valence electrons. The second-order valence-electron chi connectivity index (χ2n) is 5.38. The number of hydrogen-bond acceptors (Lipinski definition) is 3. The molecule has 0 heterocycles. The van der Waals surface area contributed by atoms with E-state index in [1.165, 1.54) is 32.2 Å². The van der Waals surface area contributed by atoms with Gasteiger partial charge in [-0.15, -0.1) is 0 Å². The topological polar surface area (TPSA) is 38.5 Å². The molecule has 16 heavy (non-hydrogen) atoms.